The van der Waals surface area contributed by atoms with Gasteiger partial charge < -0.3 is 20.1 Å². The Morgan fingerprint density at radius 3 is 2.23 bits per heavy atom. The van der Waals surface area contributed by atoms with Crippen LogP contribution in [0.3, 0.4) is 0 Å². The number of aryl methyl sites for hydroxylation is 1. The van der Waals surface area contributed by atoms with Crippen molar-refractivity contribution in [3.05, 3.63) is 82.9 Å². The van der Waals surface area contributed by atoms with Crippen molar-refractivity contribution in [1.82, 2.24) is 5.43 Å². The van der Waals surface area contributed by atoms with E-state index >= 15 is 0 Å². The van der Waals surface area contributed by atoms with Gasteiger partial charge in [-0.3, -0.25) is 14.4 Å². The molecule has 3 amide bonds. The number of hydrazone groups is 1. The Morgan fingerprint density at radius 1 is 0.886 bits per heavy atom. The average Bonchev–Trinajstić information content (AvgIpc) is 2.85. The van der Waals surface area contributed by atoms with Gasteiger partial charge in [-0.2, -0.15) is 5.10 Å². The Kier molecular flexibility index (Phi) is 8.80. The molecule has 0 heterocycles. The summed E-state index contributed by atoms with van der Waals surface area (Å²) in [5.74, 6) is -1.41. The normalized spacial score (nSPS) is 10.5. The molecule has 180 valence electrons. The predicted molar refractivity (Wildman–Crippen MR) is 134 cm³/mol. The molecular weight excluding hydrogens is 472 g/mol. The third-order valence-corrected chi connectivity index (χ3v) is 4.82. The highest BCUT2D eigenvalue weighted by Gasteiger charge is 2.13. The number of halogens is 1. The number of carbonyl (C=O) groups is 3. The van der Waals surface area contributed by atoms with Crippen molar-refractivity contribution >= 4 is 46.9 Å². The van der Waals surface area contributed by atoms with Crippen LogP contribution in [-0.2, 0) is 14.4 Å². The number of nitrogens with one attached hydrogen (secondary N) is 3. The molecule has 0 radical (unpaired) electrons. The fourth-order valence-electron chi connectivity index (χ4n) is 2.80. The van der Waals surface area contributed by atoms with Crippen molar-refractivity contribution in [2.75, 3.05) is 24.4 Å². The molecule has 35 heavy (non-hydrogen) atoms. The zero-order chi connectivity index (χ0) is 25.2. The average molecular weight is 495 g/mol. The topological polar surface area (TPSA) is 118 Å². The van der Waals surface area contributed by atoms with E-state index < -0.39 is 11.8 Å². The Labute approximate surface area is 207 Å². The first kappa shape index (κ1) is 25.3. The predicted octanol–water partition coefficient (Wildman–Crippen LogP) is 3.76. The van der Waals surface area contributed by atoms with Crippen molar-refractivity contribution in [3.8, 4) is 11.5 Å². The summed E-state index contributed by atoms with van der Waals surface area (Å²) in [7, 11) is 1.45. The molecule has 0 fully saturated rings. The Morgan fingerprint density at radius 2 is 1.54 bits per heavy atom. The van der Waals surface area contributed by atoms with Gasteiger partial charge in [-0.25, -0.2) is 5.43 Å². The number of hydrogen-bond donors (Lipinski definition) is 3. The molecule has 0 saturated heterocycles. The summed E-state index contributed by atoms with van der Waals surface area (Å²) >= 11 is 5.83. The number of anilines is 2. The molecule has 0 saturated carbocycles. The van der Waals surface area contributed by atoms with Gasteiger partial charge in [0.15, 0.2) is 18.1 Å². The van der Waals surface area contributed by atoms with E-state index in [1.165, 1.54) is 13.3 Å². The Bertz CT molecular complexity index is 1230. The summed E-state index contributed by atoms with van der Waals surface area (Å²) in [5.41, 5.74) is 4.86. The van der Waals surface area contributed by atoms with E-state index in [1.807, 2.05) is 19.1 Å². The fraction of sp³-hybridized carbons (Fsp3) is 0.120. The summed E-state index contributed by atoms with van der Waals surface area (Å²) < 4.78 is 10.9. The molecule has 9 nitrogen and oxygen atoms in total. The molecular formula is C25H23ClN4O5. The van der Waals surface area contributed by atoms with Gasteiger partial charge in [0.1, 0.15) is 0 Å². The molecule has 0 aliphatic heterocycles. The van der Waals surface area contributed by atoms with Gasteiger partial charge in [0.25, 0.3) is 5.91 Å². The maximum Gasteiger partial charge on any atom is 0.329 e. The molecule has 3 rings (SSSR count). The van der Waals surface area contributed by atoms with E-state index in [0.717, 1.165) is 5.56 Å². The smallest absolute Gasteiger partial charge is 0.329 e. The molecule has 0 aliphatic carbocycles. The zero-order valence-corrected chi connectivity index (χ0v) is 19.8. The molecule has 0 aromatic heterocycles. The van der Waals surface area contributed by atoms with E-state index in [0.29, 0.717) is 33.5 Å². The lowest BCUT2D eigenvalue weighted by Crippen LogP contribution is -2.32. The van der Waals surface area contributed by atoms with E-state index in [-0.39, 0.29) is 12.5 Å². The standard InChI is InChI=1S/C25H23ClN4O5/c1-16-3-8-20(9-4-16)29-24(32)25(33)30-27-14-17-5-12-21(22(13-17)34-2)35-15-23(31)28-19-10-6-18(26)7-11-19/h3-14H,15H2,1-2H3,(H,28,31)(H,29,32)(H,30,33). The highest BCUT2D eigenvalue weighted by molar-refractivity contribution is 6.39. The second-order valence-electron chi connectivity index (χ2n) is 7.27. The van der Waals surface area contributed by atoms with Gasteiger partial charge in [0.05, 0.1) is 13.3 Å². The first-order valence-corrected chi connectivity index (χ1v) is 10.8. The number of methoxy groups -OCH3 is 1. The van der Waals surface area contributed by atoms with Gasteiger partial charge >= 0.3 is 11.8 Å². The van der Waals surface area contributed by atoms with Crippen molar-refractivity contribution in [2.45, 2.75) is 6.92 Å². The number of ether oxygens (including phenoxy) is 2. The third-order valence-electron chi connectivity index (χ3n) is 4.57. The van der Waals surface area contributed by atoms with Crippen molar-refractivity contribution in [1.29, 1.82) is 0 Å². The first-order valence-electron chi connectivity index (χ1n) is 10.4. The maximum atomic E-state index is 12.1. The van der Waals surface area contributed by atoms with Crippen LogP contribution >= 0.6 is 11.6 Å². The largest absolute Gasteiger partial charge is 0.493 e. The lowest BCUT2D eigenvalue weighted by Gasteiger charge is -2.11. The molecule has 3 N–H and O–H groups in total. The summed E-state index contributed by atoms with van der Waals surface area (Å²) in [6.07, 6.45) is 1.34. The van der Waals surface area contributed by atoms with E-state index in [4.69, 9.17) is 21.1 Å². The number of nitrogens with zero attached hydrogens (tertiary/aromatic N) is 1. The SMILES string of the molecule is COc1cc(C=NNC(=O)C(=O)Nc2ccc(C)cc2)ccc1OCC(=O)Nc1ccc(Cl)cc1. The molecule has 0 spiro atoms. The van der Waals surface area contributed by atoms with Crippen LogP contribution in [0.2, 0.25) is 5.02 Å². The second kappa shape index (κ2) is 12.2. The van der Waals surface area contributed by atoms with Gasteiger partial charge in [0, 0.05) is 16.4 Å². The minimum Gasteiger partial charge on any atom is -0.493 e. The molecule has 0 bridgehead atoms. The van der Waals surface area contributed by atoms with Crippen LogP contribution in [0.5, 0.6) is 11.5 Å². The van der Waals surface area contributed by atoms with Crippen LogP contribution in [0.25, 0.3) is 0 Å². The Balaban J connectivity index is 1.51. The lowest BCUT2D eigenvalue weighted by atomic mass is 10.2. The van der Waals surface area contributed by atoms with Gasteiger partial charge in [-0.1, -0.05) is 29.3 Å². The van der Waals surface area contributed by atoms with Gasteiger partial charge in [-0.05, 0) is 67.1 Å². The highest BCUT2D eigenvalue weighted by atomic mass is 35.5. The van der Waals surface area contributed by atoms with Gasteiger partial charge in [-0.15, -0.1) is 0 Å². The zero-order valence-electron chi connectivity index (χ0n) is 19.0. The molecule has 3 aromatic rings. The minimum atomic E-state index is -0.916. The third kappa shape index (κ3) is 7.86. The molecule has 3 aromatic carbocycles. The van der Waals surface area contributed by atoms with E-state index in [9.17, 15) is 14.4 Å². The monoisotopic (exact) mass is 494 g/mol. The summed E-state index contributed by atoms with van der Waals surface area (Å²) in [5, 5.41) is 9.54. The van der Waals surface area contributed by atoms with Crippen LogP contribution in [0.4, 0.5) is 11.4 Å². The van der Waals surface area contributed by atoms with Crippen molar-refractivity contribution < 1.29 is 23.9 Å². The van der Waals surface area contributed by atoms with Gasteiger partial charge in [0.2, 0.25) is 0 Å². The van der Waals surface area contributed by atoms with E-state index in [1.54, 1.807) is 54.6 Å². The Hall–Kier alpha value is -4.37. The quantitative estimate of drug-likeness (QED) is 0.250. The number of benzene rings is 3. The molecule has 10 heteroatoms. The van der Waals surface area contributed by atoms with E-state index in [2.05, 4.69) is 21.2 Å². The molecule has 0 unspecified atom stereocenters. The summed E-state index contributed by atoms with van der Waals surface area (Å²) in [4.78, 5) is 36.0. The van der Waals surface area contributed by atoms with Crippen LogP contribution in [0.15, 0.2) is 71.8 Å². The van der Waals surface area contributed by atoms with Crippen molar-refractivity contribution in [2.24, 2.45) is 5.10 Å². The summed E-state index contributed by atoms with van der Waals surface area (Å²) in [6.45, 7) is 1.68. The van der Waals surface area contributed by atoms with Crippen LogP contribution in [0, 0.1) is 6.92 Å². The van der Waals surface area contributed by atoms with Crippen LogP contribution in [0.1, 0.15) is 11.1 Å². The van der Waals surface area contributed by atoms with Crippen LogP contribution < -0.4 is 25.5 Å². The van der Waals surface area contributed by atoms with Crippen LogP contribution in [-0.4, -0.2) is 37.7 Å². The second-order valence-corrected chi connectivity index (χ2v) is 7.71. The number of rotatable bonds is 8. The number of hydrogen-bond acceptors (Lipinski definition) is 6. The highest BCUT2D eigenvalue weighted by Crippen LogP contribution is 2.27. The number of amides is 3. The first-order chi connectivity index (χ1) is 16.8. The van der Waals surface area contributed by atoms with Crippen molar-refractivity contribution in [3.63, 3.8) is 0 Å². The summed E-state index contributed by atoms with van der Waals surface area (Å²) in [6, 6.07) is 18.6. The minimum absolute atomic E-state index is 0.238. The molecule has 0 aliphatic rings. The molecule has 0 atom stereocenters. The lowest BCUT2D eigenvalue weighted by molar-refractivity contribution is -0.136. The fourth-order valence-corrected chi connectivity index (χ4v) is 2.92. The maximum absolute atomic E-state index is 12.1. The number of carbonyl (C=O) groups excluding carboxylic acids is 3.